The maximum Gasteiger partial charge on any atom is 0.401 e. The molecule has 1 aliphatic rings. The Balaban J connectivity index is 2.33. The first kappa shape index (κ1) is 16.2. The Morgan fingerprint density at radius 1 is 1.32 bits per heavy atom. The largest absolute Gasteiger partial charge is 0.401 e. The molecular weight excluding hydrogens is 259 g/mol. The van der Waals surface area contributed by atoms with Crippen LogP contribution in [0.25, 0.3) is 0 Å². The first-order valence-electron chi connectivity index (χ1n) is 6.58. The predicted molar refractivity (Wildman–Crippen MR) is 66.6 cm³/mol. The van der Waals surface area contributed by atoms with Crippen LogP contribution in [-0.4, -0.2) is 61.2 Å². The van der Waals surface area contributed by atoms with Gasteiger partial charge in [-0.15, -0.1) is 0 Å². The second-order valence-corrected chi connectivity index (χ2v) is 5.02. The lowest BCUT2D eigenvalue weighted by Gasteiger charge is -2.24. The molecule has 0 aromatic carbocycles. The Hall–Kier alpha value is -0.820. The number of nitrogens with zero attached hydrogens (tertiary/aromatic N) is 2. The highest BCUT2D eigenvalue weighted by atomic mass is 19.4. The number of alkyl halides is 3. The van der Waals surface area contributed by atoms with Crippen LogP contribution in [0.5, 0.6) is 0 Å². The molecule has 7 heteroatoms. The van der Waals surface area contributed by atoms with Crippen LogP contribution in [0.15, 0.2) is 0 Å². The van der Waals surface area contributed by atoms with E-state index in [9.17, 15) is 18.0 Å². The van der Waals surface area contributed by atoms with E-state index in [2.05, 4.69) is 0 Å². The van der Waals surface area contributed by atoms with Crippen molar-refractivity contribution in [3.63, 3.8) is 0 Å². The van der Waals surface area contributed by atoms with E-state index in [0.717, 1.165) is 12.8 Å². The Morgan fingerprint density at radius 2 is 1.95 bits per heavy atom. The standard InChI is InChI=1S/C12H22F3N3O/c1-17(7-2-6-16)11(19)5-8-18(10-3-4-10)9-12(13,14)15/h10H,2-9,16H2,1H3. The fourth-order valence-electron chi connectivity index (χ4n) is 1.94. The molecule has 112 valence electrons. The monoisotopic (exact) mass is 281 g/mol. The van der Waals surface area contributed by atoms with Gasteiger partial charge in [0.25, 0.3) is 0 Å². The first-order chi connectivity index (χ1) is 8.83. The van der Waals surface area contributed by atoms with Gasteiger partial charge in [-0.2, -0.15) is 13.2 Å². The minimum absolute atomic E-state index is 0.00349. The fraction of sp³-hybridized carbons (Fsp3) is 0.917. The van der Waals surface area contributed by atoms with E-state index < -0.39 is 12.7 Å². The smallest absolute Gasteiger partial charge is 0.346 e. The third kappa shape index (κ3) is 6.77. The number of nitrogens with two attached hydrogens (primary N) is 1. The average molecular weight is 281 g/mol. The van der Waals surface area contributed by atoms with Gasteiger partial charge in [-0.1, -0.05) is 0 Å². The lowest BCUT2D eigenvalue weighted by atomic mass is 10.3. The van der Waals surface area contributed by atoms with Gasteiger partial charge in [0.15, 0.2) is 0 Å². The van der Waals surface area contributed by atoms with Gasteiger partial charge in [0.1, 0.15) is 0 Å². The molecular formula is C12H22F3N3O. The van der Waals surface area contributed by atoms with Crippen LogP contribution in [0.4, 0.5) is 13.2 Å². The van der Waals surface area contributed by atoms with Gasteiger partial charge in [-0.05, 0) is 25.8 Å². The molecule has 1 rings (SSSR count). The zero-order valence-electron chi connectivity index (χ0n) is 11.2. The molecule has 0 spiro atoms. The Kier molecular flexibility index (Phi) is 6.06. The zero-order valence-corrected chi connectivity index (χ0v) is 11.2. The molecule has 0 saturated heterocycles. The summed E-state index contributed by atoms with van der Waals surface area (Å²) in [4.78, 5) is 14.6. The van der Waals surface area contributed by atoms with Crippen molar-refractivity contribution in [3.05, 3.63) is 0 Å². The second-order valence-electron chi connectivity index (χ2n) is 5.02. The van der Waals surface area contributed by atoms with Gasteiger partial charge in [0.2, 0.25) is 5.91 Å². The molecule has 1 aliphatic carbocycles. The van der Waals surface area contributed by atoms with Crippen molar-refractivity contribution < 1.29 is 18.0 Å². The normalized spacial score (nSPS) is 15.9. The summed E-state index contributed by atoms with van der Waals surface area (Å²) in [5.74, 6) is -0.124. The van der Waals surface area contributed by atoms with Gasteiger partial charge in [-0.25, -0.2) is 0 Å². The second kappa shape index (κ2) is 7.09. The van der Waals surface area contributed by atoms with Crippen LogP contribution in [0.3, 0.4) is 0 Å². The molecule has 0 bridgehead atoms. The van der Waals surface area contributed by atoms with Crippen molar-refractivity contribution >= 4 is 5.91 Å². The van der Waals surface area contributed by atoms with Gasteiger partial charge >= 0.3 is 6.18 Å². The average Bonchev–Trinajstić information content (AvgIpc) is 3.13. The van der Waals surface area contributed by atoms with Crippen LogP contribution >= 0.6 is 0 Å². The molecule has 0 heterocycles. The molecule has 1 saturated carbocycles. The summed E-state index contributed by atoms with van der Waals surface area (Å²) >= 11 is 0. The summed E-state index contributed by atoms with van der Waals surface area (Å²) in [5.41, 5.74) is 5.35. The lowest BCUT2D eigenvalue weighted by Crippen LogP contribution is -2.39. The molecule has 0 aromatic rings. The van der Waals surface area contributed by atoms with E-state index in [1.165, 1.54) is 9.80 Å². The van der Waals surface area contributed by atoms with Crippen LogP contribution < -0.4 is 5.73 Å². The third-order valence-electron chi connectivity index (χ3n) is 3.18. The quantitative estimate of drug-likeness (QED) is 0.727. The number of carbonyl (C=O) groups excluding carboxylic acids is 1. The topological polar surface area (TPSA) is 49.6 Å². The van der Waals surface area contributed by atoms with Crippen LogP contribution in [0.2, 0.25) is 0 Å². The van der Waals surface area contributed by atoms with Gasteiger partial charge in [0, 0.05) is 32.6 Å². The highest BCUT2D eigenvalue weighted by molar-refractivity contribution is 5.76. The molecule has 0 radical (unpaired) electrons. The zero-order chi connectivity index (χ0) is 14.5. The van der Waals surface area contributed by atoms with Crippen molar-refractivity contribution in [2.75, 3.05) is 33.2 Å². The van der Waals surface area contributed by atoms with Gasteiger partial charge < -0.3 is 10.6 Å². The predicted octanol–water partition coefficient (Wildman–Crippen LogP) is 1.21. The molecule has 19 heavy (non-hydrogen) atoms. The maximum atomic E-state index is 12.4. The molecule has 0 atom stereocenters. The van der Waals surface area contributed by atoms with Gasteiger partial charge in [-0.3, -0.25) is 9.69 Å². The molecule has 1 fully saturated rings. The highest BCUT2D eigenvalue weighted by Gasteiger charge is 2.37. The molecule has 0 aromatic heterocycles. The van der Waals surface area contributed by atoms with E-state index >= 15 is 0 Å². The number of hydrogen-bond donors (Lipinski definition) is 1. The minimum Gasteiger partial charge on any atom is -0.346 e. The van der Waals surface area contributed by atoms with Crippen LogP contribution in [-0.2, 0) is 4.79 Å². The van der Waals surface area contributed by atoms with E-state index in [0.29, 0.717) is 19.5 Å². The molecule has 0 aliphatic heterocycles. The van der Waals surface area contributed by atoms with E-state index in [1.54, 1.807) is 7.05 Å². The summed E-state index contributed by atoms with van der Waals surface area (Å²) in [7, 11) is 1.66. The Morgan fingerprint density at radius 3 is 2.42 bits per heavy atom. The number of halogens is 3. The van der Waals surface area contributed by atoms with Crippen LogP contribution in [0.1, 0.15) is 25.7 Å². The molecule has 1 amide bonds. The van der Waals surface area contributed by atoms with E-state index in [1.807, 2.05) is 0 Å². The van der Waals surface area contributed by atoms with Crippen molar-refractivity contribution in [1.29, 1.82) is 0 Å². The number of hydrogen-bond acceptors (Lipinski definition) is 3. The van der Waals surface area contributed by atoms with E-state index in [-0.39, 0.29) is 24.9 Å². The first-order valence-corrected chi connectivity index (χ1v) is 6.58. The number of carbonyl (C=O) groups is 1. The summed E-state index contributed by atoms with van der Waals surface area (Å²) in [6, 6.07) is 0.00349. The van der Waals surface area contributed by atoms with E-state index in [4.69, 9.17) is 5.73 Å². The van der Waals surface area contributed by atoms with Crippen molar-refractivity contribution in [2.45, 2.75) is 37.9 Å². The van der Waals surface area contributed by atoms with Crippen LogP contribution in [0, 0.1) is 0 Å². The summed E-state index contributed by atoms with van der Waals surface area (Å²) in [6.45, 7) is 0.311. The number of rotatable bonds is 8. The maximum absolute atomic E-state index is 12.4. The highest BCUT2D eigenvalue weighted by Crippen LogP contribution is 2.30. The lowest BCUT2D eigenvalue weighted by molar-refractivity contribution is -0.149. The summed E-state index contributed by atoms with van der Waals surface area (Å²) < 4.78 is 37.2. The summed E-state index contributed by atoms with van der Waals surface area (Å²) in [6.07, 6.45) is -1.76. The van der Waals surface area contributed by atoms with Crippen molar-refractivity contribution in [1.82, 2.24) is 9.80 Å². The third-order valence-corrected chi connectivity index (χ3v) is 3.18. The number of amides is 1. The Bertz CT molecular complexity index is 292. The Labute approximate surface area is 111 Å². The van der Waals surface area contributed by atoms with Gasteiger partial charge in [0.05, 0.1) is 6.54 Å². The SMILES string of the molecule is CN(CCCN)C(=O)CCN(CC(F)(F)F)C1CC1. The fourth-order valence-corrected chi connectivity index (χ4v) is 1.94. The van der Waals surface area contributed by atoms with Crippen molar-refractivity contribution in [3.8, 4) is 0 Å². The van der Waals surface area contributed by atoms with Crippen molar-refractivity contribution in [2.24, 2.45) is 5.73 Å². The molecule has 0 unspecified atom stereocenters. The molecule has 4 nitrogen and oxygen atoms in total. The molecule has 2 N–H and O–H groups in total. The minimum atomic E-state index is -4.20. The summed E-state index contributed by atoms with van der Waals surface area (Å²) in [5, 5.41) is 0.